The van der Waals surface area contributed by atoms with Crippen LogP contribution in [-0.4, -0.2) is 61.8 Å². The molecule has 7 heteroatoms. The number of nitrogens with one attached hydrogen (secondary N) is 2. The number of anilines is 1. The van der Waals surface area contributed by atoms with Crippen molar-refractivity contribution in [2.45, 2.75) is 32.9 Å². The highest BCUT2D eigenvalue weighted by molar-refractivity contribution is 5.74. The Kier molecular flexibility index (Phi) is 7.90. The highest BCUT2D eigenvalue weighted by atomic mass is 16.5. The standard InChI is InChI=1S/C23H33N5O2/c1-4-27-10-12-28(13-11-27)22-16-20(8-9-24-22)17-25-23(29)26-18(2)14-19-6-5-7-21(15-19)30-3/h5-9,15-16,18H,4,10-14,17H2,1-3H3,(H2,25,26,29). The zero-order chi connectivity index (χ0) is 21.3. The molecule has 7 nitrogen and oxygen atoms in total. The van der Waals surface area contributed by atoms with Gasteiger partial charge in [0.05, 0.1) is 7.11 Å². The summed E-state index contributed by atoms with van der Waals surface area (Å²) in [7, 11) is 1.66. The van der Waals surface area contributed by atoms with Gasteiger partial charge in [-0.3, -0.25) is 0 Å². The molecule has 0 bridgehead atoms. The molecular formula is C23H33N5O2. The van der Waals surface area contributed by atoms with E-state index in [0.29, 0.717) is 6.54 Å². The Hall–Kier alpha value is -2.80. The van der Waals surface area contributed by atoms with E-state index in [1.165, 1.54) is 0 Å². The second-order valence-electron chi connectivity index (χ2n) is 7.73. The number of hydrogen-bond donors (Lipinski definition) is 2. The number of nitrogens with zero attached hydrogens (tertiary/aromatic N) is 3. The number of hydrogen-bond acceptors (Lipinski definition) is 5. The lowest BCUT2D eigenvalue weighted by molar-refractivity contribution is 0.237. The van der Waals surface area contributed by atoms with Crippen molar-refractivity contribution in [3.05, 3.63) is 53.7 Å². The lowest BCUT2D eigenvalue weighted by Crippen LogP contribution is -2.46. The van der Waals surface area contributed by atoms with Gasteiger partial charge in [0.15, 0.2) is 0 Å². The number of urea groups is 1. The van der Waals surface area contributed by atoms with Gasteiger partial charge in [-0.1, -0.05) is 19.1 Å². The monoisotopic (exact) mass is 411 g/mol. The molecule has 1 atom stereocenters. The van der Waals surface area contributed by atoms with E-state index in [1.807, 2.05) is 43.5 Å². The largest absolute Gasteiger partial charge is 0.497 e. The molecule has 1 saturated heterocycles. The molecule has 2 heterocycles. The van der Waals surface area contributed by atoms with Crippen LogP contribution in [0.25, 0.3) is 0 Å². The number of carbonyl (C=O) groups excluding carboxylic acids is 1. The minimum atomic E-state index is -0.166. The molecule has 2 amide bonds. The first-order valence-corrected chi connectivity index (χ1v) is 10.7. The maximum atomic E-state index is 12.3. The summed E-state index contributed by atoms with van der Waals surface area (Å²) in [6, 6.07) is 11.8. The summed E-state index contributed by atoms with van der Waals surface area (Å²) in [5, 5.41) is 5.96. The lowest BCUT2D eigenvalue weighted by Gasteiger charge is -2.34. The minimum absolute atomic E-state index is 0.0139. The fraction of sp³-hybridized carbons (Fsp3) is 0.478. The van der Waals surface area contributed by atoms with Crippen LogP contribution in [-0.2, 0) is 13.0 Å². The summed E-state index contributed by atoms with van der Waals surface area (Å²) in [5.74, 6) is 1.81. The molecular weight excluding hydrogens is 378 g/mol. The van der Waals surface area contributed by atoms with E-state index in [0.717, 1.165) is 61.8 Å². The second-order valence-corrected chi connectivity index (χ2v) is 7.73. The number of methoxy groups -OCH3 is 1. The van der Waals surface area contributed by atoms with Gasteiger partial charge in [0.25, 0.3) is 0 Å². The van der Waals surface area contributed by atoms with Gasteiger partial charge in [0.2, 0.25) is 0 Å². The molecule has 0 radical (unpaired) electrons. The van der Waals surface area contributed by atoms with Gasteiger partial charge in [0.1, 0.15) is 11.6 Å². The predicted octanol–water partition coefficient (Wildman–Crippen LogP) is 2.66. The number of piperazine rings is 1. The molecule has 1 aromatic carbocycles. The molecule has 0 saturated carbocycles. The highest BCUT2D eigenvalue weighted by Gasteiger charge is 2.17. The first-order valence-electron chi connectivity index (χ1n) is 10.7. The summed E-state index contributed by atoms with van der Waals surface area (Å²) in [6.07, 6.45) is 2.57. The number of amides is 2. The zero-order valence-electron chi connectivity index (χ0n) is 18.2. The van der Waals surface area contributed by atoms with E-state index in [9.17, 15) is 4.79 Å². The van der Waals surface area contributed by atoms with Gasteiger partial charge < -0.3 is 25.2 Å². The van der Waals surface area contributed by atoms with Crippen molar-refractivity contribution in [1.82, 2.24) is 20.5 Å². The molecule has 2 aromatic rings. The second kappa shape index (κ2) is 10.8. The fourth-order valence-electron chi connectivity index (χ4n) is 3.70. The number of carbonyl (C=O) groups is 1. The summed E-state index contributed by atoms with van der Waals surface area (Å²) in [4.78, 5) is 21.6. The van der Waals surface area contributed by atoms with Crippen LogP contribution in [0.1, 0.15) is 25.0 Å². The highest BCUT2D eigenvalue weighted by Crippen LogP contribution is 2.16. The van der Waals surface area contributed by atoms with Crippen LogP contribution in [0.3, 0.4) is 0 Å². The molecule has 1 aliphatic heterocycles. The van der Waals surface area contributed by atoms with Crippen molar-refractivity contribution < 1.29 is 9.53 Å². The van der Waals surface area contributed by atoms with Crippen molar-refractivity contribution in [3.8, 4) is 5.75 Å². The van der Waals surface area contributed by atoms with E-state index in [1.54, 1.807) is 7.11 Å². The number of rotatable bonds is 8. The van der Waals surface area contributed by atoms with E-state index < -0.39 is 0 Å². The first kappa shape index (κ1) is 21.9. The number of pyridine rings is 1. The minimum Gasteiger partial charge on any atom is -0.497 e. The Morgan fingerprint density at radius 2 is 1.97 bits per heavy atom. The number of benzene rings is 1. The molecule has 1 aliphatic rings. The number of aromatic nitrogens is 1. The average Bonchev–Trinajstić information content (AvgIpc) is 2.78. The molecule has 1 aromatic heterocycles. The maximum absolute atomic E-state index is 12.3. The third kappa shape index (κ3) is 6.35. The molecule has 162 valence electrons. The number of likely N-dealkylation sites (N-methyl/N-ethyl adjacent to an activating group) is 1. The Morgan fingerprint density at radius 3 is 2.70 bits per heavy atom. The Morgan fingerprint density at radius 1 is 1.17 bits per heavy atom. The fourth-order valence-corrected chi connectivity index (χ4v) is 3.70. The summed E-state index contributed by atoms with van der Waals surface area (Å²) < 4.78 is 5.26. The molecule has 0 spiro atoms. The summed E-state index contributed by atoms with van der Waals surface area (Å²) in [5.41, 5.74) is 2.18. The van der Waals surface area contributed by atoms with Crippen LogP contribution in [0, 0.1) is 0 Å². The molecule has 2 N–H and O–H groups in total. The van der Waals surface area contributed by atoms with E-state index in [-0.39, 0.29) is 12.1 Å². The van der Waals surface area contributed by atoms with Crippen LogP contribution in [0.5, 0.6) is 5.75 Å². The Bertz CT molecular complexity index is 821. The molecule has 30 heavy (non-hydrogen) atoms. The van der Waals surface area contributed by atoms with Crippen molar-refractivity contribution in [2.75, 3.05) is 44.7 Å². The van der Waals surface area contributed by atoms with Crippen LogP contribution in [0.2, 0.25) is 0 Å². The SMILES string of the molecule is CCN1CCN(c2cc(CNC(=O)NC(C)Cc3cccc(OC)c3)ccn2)CC1. The first-order chi connectivity index (χ1) is 14.6. The van der Waals surface area contributed by atoms with Crippen LogP contribution in [0.4, 0.5) is 10.6 Å². The Balaban J connectivity index is 1.46. The quantitative estimate of drug-likeness (QED) is 0.699. The van der Waals surface area contributed by atoms with Crippen LogP contribution < -0.4 is 20.3 Å². The molecule has 3 rings (SSSR count). The predicted molar refractivity (Wildman–Crippen MR) is 120 cm³/mol. The normalized spacial score (nSPS) is 15.5. The smallest absolute Gasteiger partial charge is 0.315 e. The molecule has 1 fully saturated rings. The third-order valence-corrected chi connectivity index (χ3v) is 5.46. The van der Waals surface area contributed by atoms with Gasteiger partial charge >= 0.3 is 6.03 Å². The van der Waals surface area contributed by atoms with Gasteiger partial charge in [-0.2, -0.15) is 0 Å². The van der Waals surface area contributed by atoms with Crippen molar-refractivity contribution in [3.63, 3.8) is 0 Å². The molecule has 1 unspecified atom stereocenters. The molecule has 0 aliphatic carbocycles. The van der Waals surface area contributed by atoms with Gasteiger partial charge in [-0.15, -0.1) is 0 Å². The van der Waals surface area contributed by atoms with Gasteiger partial charge in [0, 0.05) is 45.0 Å². The van der Waals surface area contributed by atoms with Crippen molar-refractivity contribution >= 4 is 11.8 Å². The van der Waals surface area contributed by atoms with Crippen LogP contribution in [0.15, 0.2) is 42.6 Å². The lowest BCUT2D eigenvalue weighted by atomic mass is 10.1. The summed E-state index contributed by atoms with van der Waals surface area (Å²) in [6.45, 7) is 9.86. The average molecular weight is 412 g/mol. The van der Waals surface area contributed by atoms with Gasteiger partial charge in [-0.05, 0) is 55.3 Å². The topological polar surface area (TPSA) is 69.7 Å². The van der Waals surface area contributed by atoms with Gasteiger partial charge in [-0.25, -0.2) is 9.78 Å². The number of ether oxygens (including phenoxy) is 1. The van der Waals surface area contributed by atoms with E-state index in [2.05, 4.69) is 38.4 Å². The van der Waals surface area contributed by atoms with E-state index >= 15 is 0 Å². The third-order valence-electron chi connectivity index (χ3n) is 5.46. The zero-order valence-corrected chi connectivity index (χ0v) is 18.2. The van der Waals surface area contributed by atoms with Crippen molar-refractivity contribution in [1.29, 1.82) is 0 Å². The van der Waals surface area contributed by atoms with Crippen molar-refractivity contribution in [2.24, 2.45) is 0 Å². The maximum Gasteiger partial charge on any atom is 0.315 e. The van der Waals surface area contributed by atoms with Crippen LogP contribution >= 0.6 is 0 Å². The summed E-state index contributed by atoms with van der Waals surface area (Å²) >= 11 is 0. The van der Waals surface area contributed by atoms with E-state index in [4.69, 9.17) is 4.74 Å². The Labute approximate surface area is 179 Å².